The molecule has 0 radical (unpaired) electrons. The molecule has 6 atom stereocenters. The Hall–Kier alpha value is -1.52. The number of fused-ring (bicyclic) bond motifs is 1. The topological polar surface area (TPSA) is 58.6 Å². The molecule has 5 heteroatoms. The second-order valence-corrected chi connectivity index (χ2v) is 5.70. The van der Waals surface area contributed by atoms with Crippen LogP contribution in [0.25, 0.3) is 0 Å². The number of hydrogen-bond donors (Lipinski definition) is 1. The van der Waals surface area contributed by atoms with E-state index < -0.39 is 12.1 Å². The number of amides is 2. The van der Waals surface area contributed by atoms with Gasteiger partial charge in [-0.25, -0.2) is 4.79 Å². The fourth-order valence-corrected chi connectivity index (χ4v) is 4.04. The molecule has 2 amide bonds. The van der Waals surface area contributed by atoms with Gasteiger partial charge in [-0.1, -0.05) is 13.0 Å². The van der Waals surface area contributed by atoms with Gasteiger partial charge in [0.1, 0.15) is 6.04 Å². The first kappa shape index (κ1) is 11.6. The first-order chi connectivity index (χ1) is 8.48. The van der Waals surface area contributed by atoms with Crippen molar-refractivity contribution in [3.8, 4) is 0 Å². The number of nitrogens with zero attached hydrogens (tertiary/aromatic N) is 1. The van der Waals surface area contributed by atoms with Crippen molar-refractivity contribution in [2.75, 3.05) is 7.11 Å². The minimum atomic E-state index is -0.692. The van der Waals surface area contributed by atoms with Crippen LogP contribution in [0, 0.1) is 17.3 Å². The van der Waals surface area contributed by atoms with Gasteiger partial charge in [0.25, 0.3) is 0 Å². The average molecular weight is 250 g/mol. The van der Waals surface area contributed by atoms with E-state index in [1.807, 2.05) is 4.90 Å². The molecule has 2 heterocycles. The van der Waals surface area contributed by atoms with Gasteiger partial charge in [-0.15, -0.1) is 6.58 Å². The lowest BCUT2D eigenvalue weighted by Gasteiger charge is -2.25. The van der Waals surface area contributed by atoms with E-state index in [1.165, 1.54) is 13.2 Å². The van der Waals surface area contributed by atoms with Crippen LogP contribution in [-0.4, -0.2) is 42.1 Å². The molecule has 1 N–H and O–H groups in total. The highest BCUT2D eigenvalue weighted by atomic mass is 16.5. The molecule has 2 bridgehead atoms. The number of hydrogen-bond acceptors (Lipinski definition) is 3. The van der Waals surface area contributed by atoms with Crippen LogP contribution in [0.1, 0.15) is 13.8 Å². The third-order valence-electron chi connectivity index (χ3n) is 5.06. The smallest absolute Gasteiger partial charge is 0.407 e. The first-order valence-corrected chi connectivity index (χ1v) is 6.27. The Kier molecular flexibility index (Phi) is 2.10. The Bertz CT molecular complexity index is 448. The lowest BCUT2D eigenvalue weighted by Crippen LogP contribution is -2.49. The molecule has 98 valence electrons. The molecule has 2 saturated carbocycles. The minimum Gasteiger partial charge on any atom is -0.453 e. The summed E-state index contributed by atoms with van der Waals surface area (Å²) in [5.41, 5.74) is 0.367. The van der Waals surface area contributed by atoms with Gasteiger partial charge in [-0.3, -0.25) is 4.79 Å². The summed E-state index contributed by atoms with van der Waals surface area (Å²) >= 11 is 0. The zero-order valence-electron chi connectivity index (χ0n) is 10.8. The molecule has 2 aliphatic carbocycles. The molecule has 18 heavy (non-hydrogen) atoms. The predicted octanol–water partition coefficient (Wildman–Crippen LogP) is 0.762. The maximum absolute atomic E-state index is 12.4. The number of methoxy groups -OCH3 is 1. The highest BCUT2D eigenvalue weighted by Gasteiger charge is 2.92. The van der Waals surface area contributed by atoms with E-state index in [1.54, 1.807) is 0 Å². The van der Waals surface area contributed by atoms with Crippen LogP contribution < -0.4 is 5.32 Å². The lowest BCUT2D eigenvalue weighted by atomic mass is 10.1. The van der Waals surface area contributed by atoms with Crippen LogP contribution in [-0.2, 0) is 9.53 Å². The number of rotatable bonds is 3. The Morgan fingerprint density at radius 1 is 1.50 bits per heavy atom. The molecule has 6 unspecified atom stereocenters. The third kappa shape index (κ3) is 1.12. The maximum Gasteiger partial charge on any atom is 0.407 e. The highest BCUT2D eigenvalue weighted by Crippen LogP contribution is 2.87. The zero-order chi connectivity index (χ0) is 13.2. The first-order valence-electron chi connectivity index (χ1n) is 6.27. The molecule has 4 fully saturated rings. The third-order valence-corrected chi connectivity index (χ3v) is 5.06. The normalized spacial score (nSPS) is 43.8. The van der Waals surface area contributed by atoms with E-state index in [2.05, 4.69) is 30.5 Å². The second kappa shape index (κ2) is 3.28. The van der Waals surface area contributed by atoms with Gasteiger partial charge in [0.2, 0.25) is 5.91 Å². The van der Waals surface area contributed by atoms with E-state index in [-0.39, 0.29) is 11.9 Å². The van der Waals surface area contributed by atoms with E-state index in [9.17, 15) is 9.59 Å². The number of piperidine rings is 1. The van der Waals surface area contributed by atoms with Gasteiger partial charge in [0.05, 0.1) is 7.11 Å². The number of alkyl carbamates (subject to hydrolysis) is 1. The Morgan fingerprint density at radius 2 is 2.11 bits per heavy atom. The Labute approximate surface area is 106 Å². The SMILES string of the molecule is C=CC(NC(=O)OC)C(=O)N1C(C)C2C3C1C23C. The van der Waals surface area contributed by atoms with Crippen LogP contribution in [0.2, 0.25) is 0 Å². The molecule has 0 aromatic rings. The van der Waals surface area contributed by atoms with Crippen LogP contribution in [0.4, 0.5) is 4.79 Å². The van der Waals surface area contributed by atoms with Gasteiger partial charge in [-0.05, 0) is 24.2 Å². The minimum absolute atomic E-state index is 0.0679. The quantitative estimate of drug-likeness (QED) is 0.752. The Morgan fingerprint density at radius 3 is 2.50 bits per heavy atom. The second-order valence-electron chi connectivity index (χ2n) is 5.70. The summed E-state index contributed by atoms with van der Waals surface area (Å²) in [6.45, 7) is 7.94. The fourth-order valence-electron chi connectivity index (χ4n) is 4.04. The van der Waals surface area contributed by atoms with Crippen molar-refractivity contribution in [3.63, 3.8) is 0 Å². The number of ether oxygens (including phenoxy) is 1. The van der Waals surface area contributed by atoms with Crippen molar-refractivity contribution in [1.29, 1.82) is 0 Å². The van der Waals surface area contributed by atoms with Gasteiger partial charge < -0.3 is 15.0 Å². The standard InChI is InChI=1S/C13H18N2O3/c1-5-7(14-12(17)18-4)11(16)15-6(2)8-9-10(15)13(8,9)3/h5-10H,1H2,2-4H3,(H,14,17). The molecule has 0 aromatic heterocycles. The van der Waals surface area contributed by atoms with E-state index in [4.69, 9.17) is 0 Å². The summed E-state index contributed by atoms with van der Waals surface area (Å²) in [4.78, 5) is 25.5. The van der Waals surface area contributed by atoms with Gasteiger partial charge in [-0.2, -0.15) is 0 Å². The van der Waals surface area contributed by atoms with Crippen molar-refractivity contribution >= 4 is 12.0 Å². The van der Waals surface area contributed by atoms with Gasteiger partial charge in [0, 0.05) is 12.1 Å². The molecule has 2 aliphatic heterocycles. The monoisotopic (exact) mass is 250 g/mol. The molecule has 4 aliphatic rings. The van der Waals surface area contributed by atoms with Gasteiger partial charge >= 0.3 is 6.09 Å². The Balaban J connectivity index is 1.71. The van der Waals surface area contributed by atoms with E-state index >= 15 is 0 Å². The molecule has 5 nitrogen and oxygen atoms in total. The largest absolute Gasteiger partial charge is 0.453 e. The lowest BCUT2D eigenvalue weighted by molar-refractivity contribution is -0.133. The van der Waals surface area contributed by atoms with Crippen molar-refractivity contribution < 1.29 is 14.3 Å². The van der Waals surface area contributed by atoms with Crippen molar-refractivity contribution in [3.05, 3.63) is 12.7 Å². The molecular formula is C13H18N2O3. The average Bonchev–Trinajstić information content (AvgIpc) is 3.04. The summed E-state index contributed by atoms with van der Waals surface area (Å²) in [5.74, 6) is 1.29. The molecule has 0 spiro atoms. The molecule has 0 aromatic carbocycles. The summed E-state index contributed by atoms with van der Waals surface area (Å²) in [6, 6.07) is -0.0338. The summed E-state index contributed by atoms with van der Waals surface area (Å²) in [6.07, 6.45) is 0.852. The van der Waals surface area contributed by atoms with Crippen LogP contribution in [0.5, 0.6) is 0 Å². The molecular weight excluding hydrogens is 232 g/mol. The van der Waals surface area contributed by atoms with Crippen molar-refractivity contribution in [1.82, 2.24) is 10.2 Å². The van der Waals surface area contributed by atoms with Crippen molar-refractivity contribution in [2.24, 2.45) is 17.3 Å². The molecule has 4 rings (SSSR count). The highest BCUT2D eigenvalue weighted by molar-refractivity contribution is 5.89. The van der Waals surface area contributed by atoms with Crippen molar-refractivity contribution in [2.45, 2.75) is 32.0 Å². The van der Waals surface area contributed by atoms with E-state index in [0.29, 0.717) is 23.3 Å². The van der Waals surface area contributed by atoms with Crippen LogP contribution >= 0.6 is 0 Å². The molecule has 2 saturated heterocycles. The summed E-state index contributed by atoms with van der Waals surface area (Å²) < 4.78 is 4.52. The fraction of sp³-hybridized carbons (Fsp3) is 0.692. The summed E-state index contributed by atoms with van der Waals surface area (Å²) in [7, 11) is 1.28. The number of nitrogens with one attached hydrogen (secondary N) is 1. The van der Waals surface area contributed by atoms with E-state index in [0.717, 1.165) is 0 Å². The number of carbonyl (C=O) groups is 2. The number of carbonyl (C=O) groups excluding carboxylic acids is 2. The zero-order valence-corrected chi connectivity index (χ0v) is 10.8. The van der Waals surface area contributed by atoms with Crippen LogP contribution in [0.15, 0.2) is 12.7 Å². The predicted molar refractivity (Wildman–Crippen MR) is 64.7 cm³/mol. The van der Waals surface area contributed by atoms with Crippen LogP contribution in [0.3, 0.4) is 0 Å². The maximum atomic E-state index is 12.4. The van der Waals surface area contributed by atoms with Gasteiger partial charge in [0.15, 0.2) is 0 Å². The summed E-state index contributed by atoms with van der Waals surface area (Å²) in [5, 5.41) is 2.50.